The van der Waals surface area contributed by atoms with E-state index < -0.39 is 16.1 Å². The van der Waals surface area contributed by atoms with E-state index in [4.69, 9.17) is 9.84 Å². The SMILES string of the molecule is CCn1ncc(C(=O)N2CCN(C)CC2)c1C1=Cc2cc(OC)ccc2-c2c(C3CCCCC3)c3ccc(C(=O)NS(=O)(=O)N(C)C)cc3n2C1. The number of aryl methyl sites for hydroxylation is 1. The van der Waals surface area contributed by atoms with Gasteiger partial charge in [-0.15, -0.1) is 0 Å². The van der Waals surface area contributed by atoms with Crippen LogP contribution in [0.2, 0.25) is 0 Å². The summed E-state index contributed by atoms with van der Waals surface area (Å²) in [6.45, 7) is 5.93. The van der Waals surface area contributed by atoms with Crippen LogP contribution < -0.4 is 9.46 Å². The van der Waals surface area contributed by atoms with Crippen molar-refractivity contribution in [1.82, 2.24) is 33.2 Å². The van der Waals surface area contributed by atoms with Crippen molar-refractivity contribution >= 4 is 44.6 Å². The van der Waals surface area contributed by atoms with E-state index in [0.717, 1.165) is 87.8 Å². The first-order chi connectivity index (χ1) is 24.5. The van der Waals surface area contributed by atoms with E-state index in [-0.39, 0.29) is 11.5 Å². The van der Waals surface area contributed by atoms with Crippen LogP contribution in [0.1, 0.15) is 82.5 Å². The molecule has 2 amide bonds. The molecule has 2 aliphatic heterocycles. The number of ether oxygens (including phenoxy) is 1. The first-order valence-corrected chi connectivity index (χ1v) is 19.3. The van der Waals surface area contributed by atoms with E-state index in [1.165, 1.54) is 26.1 Å². The van der Waals surface area contributed by atoms with Crippen molar-refractivity contribution in [3.05, 3.63) is 70.5 Å². The molecular formula is C38H47N7O5S. The van der Waals surface area contributed by atoms with Crippen LogP contribution in [0.3, 0.4) is 0 Å². The summed E-state index contributed by atoms with van der Waals surface area (Å²) >= 11 is 0. The normalized spacial score (nSPS) is 17.2. The van der Waals surface area contributed by atoms with Gasteiger partial charge in [-0.1, -0.05) is 25.3 Å². The smallest absolute Gasteiger partial charge is 0.303 e. The zero-order chi connectivity index (χ0) is 36.0. The van der Waals surface area contributed by atoms with Crippen LogP contribution in [0.5, 0.6) is 5.75 Å². The minimum absolute atomic E-state index is 0.0321. The Balaban J connectivity index is 1.45. The predicted octanol–water partition coefficient (Wildman–Crippen LogP) is 5.06. The lowest BCUT2D eigenvalue weighted by Crippen LogP contribution is -2.47. The number of hydrogen-bond donors (Lipinski definition) is 1. The van der Waals surface area contributed by atoms with Crippen LogP contribution >= 0.6 is 0 Å². The number of rotatable bonds is 8. The molecule has 4 aromatic rings. The Kier molecular flexibility index (Phi) is 9.55. The van der Waals surface area contributed by atoms with Crippen LogP contribution in [-0.2, 0) is 23.3 Å². The lowest BCUT2D eigenvalue weighted by molar-refractivity contribution is 0.0663. The van der Waals surface area contributed by atoms with Gasteiger partial charge in [-0.3, -0.25) is 14.3 Å². The Morgan fingerprint density at radius 3 is 2.43 bits per heavy atom. The monoisotopic (exact) mass is 713 g/mol. The molecule has 270 valence electrons. The van der Waals surface area contributed by atoms with Crippen LogP contribution in [0.25, 0.3) is 33.8 Å². The standard InChI is InChI=1S/C38H47N7O5S/c1-6-45-35(32(23-39-45)38(47)43-18-16-42(4)17-19-43)28-20-27-21-29(50-5)13-15-30(27)36-34(25-10-8-7-9-11-25)31-14-12-26(22-33(31)44(36)24-28)37(46)40-51(48,49)41(2)3/h12-15,20-23,25H,6-11,16-19,24H2,1-5H3,(H,40,46). The summed E-state index contributed by atoms with van der Waals surface area (Å²) in [6, 6.07) is 11.6. The molecule has 51 heavy (non-hydrogen) atoms. The average Bonchev–Trinajstić information content (AvgIpc) is 3.65. The maximum atomic E-state index is 14.2. The highest BCUT2D eigenvalue weighted by Crippen LogP contribution is 2.48. The van der Waals surface area contributed by atoms with Gasteiger partial charge in [0.15, 0.2) is 0 Å². The molecule has 1 saturated carbocycles. The molecular weight excluding hydrogens is 667 g/mol. The molecule has 0 atom stereocenters. The summed E-state index contributed by atoms with van der Waals surface area (Å²) in [5.74, 6) is 0.319. The lowest BCUT2D eigenvalue weighted by atomic mass is 9.81. The third kappa shape index (κ3) is 6.47. The van der Waals surface area contributed by atoms with E-state index in [2.05, 4.69) is 33.4 Å². The van der Waals surface area contributed by atoms with Gasteiger partial charge >= 0.3 is 10.2 Å². The number of likely N-dealkylation sites (N-methyl/N-ethyl adjacent to an activating group) is 1. The van der Waals surface area contributed by atoms with Crippen molar-refractivity contribution in [2.45, 2.75) is 58.0 Å². The van der Waals surface area contributed by atoms with Gasteiger partial charge in [0.2, 0.25) is 0 Å². The minimum Gasteiger partial charge on any atom is -0.497 e. The van der Waals surface area contributed by atoms with Crippen molar-refractivity contribution < 1.29 is 22.7 Å². The van der Waals surface area contributed by atoms with Gasteiger partial charge in [0.05, 0.1) is 36.8 Å². The van der Waals surface area contributed by atoms with E-state index in [9.17, 15) is 18.0 Å². The number of allylic oxidation sites excluding steroid dienone is 1. The Bertz CT molecular complexity index is 2130. The highest BCUT2D eigenvalue weighted by atomic mass is 32.2. The minimum atomic E-state index is -3.99. The summed E-state index contributed by atoms with van der Waals surface area (Å²) < 4.78 is 38.3. The van der Waals surface area contributed by atoms with Crippen molar-refractivity contribution in [2.24, 2.45) is 0 Å². The number of hydrogen-bond acceptors (Lipinski definition) is 7. The molecule has 0 radical (unpaired) electrons. The van der Waals surface area contributed by atoms with Gasteiger partial charge < -0.3 is 19.1 Å². The van der Waals surface area contributed by atoms with Crippen molar-refractivity contribution in [2.75, 3.05) is 54.4 Å². The largest absolute Gasteiger partial charge is 0.497 e. The van der Waals surface area contributed by atoms with Gasteiger partial charge in [-0.25, -0.2) is 4.72 Å². The number of carbonyl (C=O) groups is 2. The predicted molar refractivity (Wildman–Crippen MR) is 199 cm³/mol. The van der Waals surface area contributed by atoms with Crippen LogP contribution in [0.15, 0.2) is 42.6 Å². The Morgan fingerprint density at radius 2 is 1.75 bits per heavy atom. The quantitative estimate of drug-likeness (QED) is 0.271. The molecule has 1 aliphatic carbocycles. The second-order valence-electron chi connectivity index (χ2n) is 14.1. The zero-order valence-electron chi connectivity index (χ0n) is 30.1. The summed E-state index contributed by atoms with van der Waals surface area (Å²) in [6.07, 6.45) is 9.48. The van der Waals surface area contributed by atoms with Gasteiger partial charge in [0.1, 0.15) is 5.75 Å². The molecule has 0 spiro atoms. The van der Waals surface area contributed by atoms with E-state index >= 15 is 0 Å². The van der Waals surface area contributed by atoms with Gasteiger partial charge in [-0.2, -0.15) is 17.8 Å². The first-order valence-electron chi connectivity index (χ1n) is 17.8. The van der Waals surface area contributed by atoms with Crippen LogP contribution in [0.4, 0.5) is 0 Å². The van der Waals surface area contributed by atoms with Crippen molar-refractivity contribution in [3.63, 3.8) is 0 Å². The number of aromatic nitrogens is 3. The maximum absolute atomic E-state index is 14.2. The molecule has 2 aromatic heterocycles. The Labute approximate surface area is 299 Å². The number of fused-ring (bicyclic) bond motifs is 5. The topological polar surface area (TPSA) is 122 Å². The highest BCUT2D eigenvalue weighted by molar-refractivity contribution is 7.87. The van der Waals surface area contributed by atoms with Crippen LogP contribution in [-0.4, -0.2) is 103 Å². The molecule has 3 aliphatic rings. The van der Waals surface area contributed by atoms with Crippen molar-refractivity contribution in [3.8, 4) is 17.0 Å². The van der Waals surface area contributed by atoms with E-state index in [1.54, 1.807) is 19.4 Å². The fraction of sp³-hybridized carbons (Fsp3) is 0.447. The lowest BCUT2D eigenvalue weighted by Gasteiger charge is -2.32. The number of methoxy groups -OCH3 is 1. The van der Waals surface area contributed by atoms with Crippen molar-refractivity contribution in [1.29, 1.82) is 0 Å². The molecule has 2 aromatic carbocycles. The number of amides is 2. The van der Waals surface area contributed by atoms with Gasteiger partial charge in [0.25, 0.3) is 11.8 Å². The molecule has 12 nitrogen and oxygen atoms in total. The molecule has 7 rings (SSSR count). The molecule has 1 N–H and O–H groups in total. The number of benzene rings is 2. The van der Waals surface area contributed by atoms with Gasteiger partial charge in [0, 0.05) is 68.8 Å². The molecule has 4 heterocycles. The second-order valence-corrected chi connectivity index (χ2v) is 16.0. The fourth-order valence-electron chi connectivity index (χ4n) is 7.89. The molecule has 2 fully saturated rings. The molecule has 0 bridgehead atoms. The fourth-order valence-corrected chi connectivity index (χ4v) is 8.43. The average molecular weight is 714 g/mol. The Morgan fingerprint density at radius 1 is 1.00 bits per heavy atom. The summed E-state index contributed by atoms with van der Waals surface area (Å²) in [5, 5.41) is 5.76. The number of piperazine rings is 1. The van der Waals surface area contributed by atoms with Gasteiger partial charge in [-0.05, 0) is 85.8 Å². The van der Waals surface area contributed by atoms with E-state index in [0.29, 0.717) is 37.7 Å². The maximum Gasteiger partial charge on any atom is 0.303 e. The second kappa shape index (κ2) is 13.9. The zero-order valence-corrected chi connectivity index (χ0v) is 30.9. The third-order valence-electron chi connectivity index (χ3n) is 10.7. The molecule has 13 heteroatoms. The number of carbonyl (C=O) groups excluding carboxylic acids is 2. The highest BCUT2D eigenvalue weighted by Gasteiger charge is 2.33. The number of nitrogens with one attached hydrogen (secondary N) is 1. The summed E-state index contributed by atoms with van der Waals surface area (Å²) in [4.78, 5) is 31.8. The summed E-state index contributed by atoms with van der Waals surface area (Å²) in [7, 11) is 2.50. The first kappa shape index (κ1) is 35.0. The molecule has 1 saturated heterocycles. The number of nitrogens with zero attached hydrogens (tertiary/aromatic N) is 6. The van der Waals surface area contributed by atoms with Crippen LogP contribution in [0, 0.1) is 0 Å². The Hall–Kier alpha value is -4.46. The van der Waals surface area contributed by atoms with E-state index in [1.807, 2.05) is 40.8 Å². The summed E-state index contributed by atoms with van der Waals surface area (Å²) in [5.41, 5.74) is 7.68. The molecule has 0 unspecified atom stereocenters. The third-order valence-corrected chi connectivity index (χ3v) is 12.1.